The fourth-order valence-electron chi connectivity index (χ4n) is 2.87. The van der Waals surface area contributed by atoms with Gasteiger partial charge in [-0.05, 0) is 57.0 Å². The Morgan fingerprint density at radius 1 is 1.07 bits per heavy atom. The number of nitrogens with zero attached hydrogens (tertiary/aromatic N) is 1. The molecule has 0 atom stereocenters. The van der Waals surface area contributed by atoms with E-state index in [1.165, 1.54) is 5.56 Å². The predicted molar refractivity (Wildman–Crippen MR) is 112 cm³/mol. The summed E-state index contributed by atoms with van der Waals surface area (Å²) in [6, 6.07) is 11.5. The number of halogens is 1. The summed E-state index contributed by atoms with van der Waals surface area (Å²) in [5.74, 6) is -0.488. The molecule has 6 heteroatoms. The lowest BCUT2D eigenvalue weighted by Gasteiger charge is -2.24. The Morgan fingerprint density at radius 2 is 1.81 bits per heavy atom. The van der Waals surface area contributed by atoms with Crippen LogP contribution < -0.4 is 15.5 Å². The standard InChI is InChI=1S/C21H26ClN3O2/c1-5-25(19-10-9-14(2)11-15(19)3)13-21(27)23-12-20(26)24-18-8-6-7-17(22)16(18)4/h6-11H,5,12-13H2,1-4H3,(H,23,27)(H,24,26). The monoisotopic (exact) mass is 387 g/mol. The van der Waals surface area contributed by atoms with E-state index in [1.54, 1.807) is 18.2 Å². The fraction of sp³-hybridized carbons (Fsp3) is 0.333. The van der Waals surface area contributed by atoms with Crippen molar-refractivity contribution in [1.82, 2.24) is 5.32 Å². The second kappa shape index (κ2) is 9.42. The van der Waals surface area contributed by atoms with E-state index >= 15 is 0 Å². The van der Waals surface area contributed by atoms with Crippen molar-refractivity contribution in [2.45, 2.75) is 27.7 Å². The van der Waals surface area contributed by atoms with Crippen LogP contribution in [0.4, 0.5) is 11.4 Å². The molecule has 5 nitrogen and oxygen atoms in total. The van der Waals surface area contributed by atoms with Gasteiger partial charge in [0.2, 0.25) is 11.8 Å². The van der Waals surface area contributed by atoms with Gasteiger partial charge in [-0.1, -0.05) is 35.4 Å². The summed E-state index contributed by atoms with van der Waals surface area (Å²) in [6.07, 6.45) is 0. The molecule has 0 unspecified atom stereocenters. The zero-order valence-corrected chi connectivity index (χ0v) is 17.0. The summed E-state index contributed by atoms with van der Waals surface area (Å²) < 4.78 is 0. The third kappa shape index (κ3) is 5.73. The summed E-state index contributed by atoms with van der Waals surface area (Å²) in [5.41, 5.74) is 4.78. The Kier molecular flexibility index (Phi) is 7.25. The maximum Gasteiger partial charge on any atom is 0.243 e. The Hall–Kier alpha value is -2.53. The van der Waals surface area contributed by atoms with Gasteiger partial charge in [0, 0.05) is 22.9 Å². The number of anilines is 2. The molecular weight excluding hydrogens is 362 g/mol. The van der Waals surface area contributed by atoms with Crippen LogP contribution in [0.25, 0.3) is 0 Å². The summed E-state index contributed by atoms with van der Waals surface area (Å²) >= 11 is 6.05. The molecule has 0 aliphatic carbocycles. The average Bonchev–Trinajstić information content (AvgIpc) is 2.62. The Morgan fingerprint density at radius 3 is 2.48 bits per heavy atom. The van der Waals surface area contributed by atoms with Crippen LogP contribution in [0, 0.1) is 20.8 Å². The molecule has 0 radical (unpaired) electrons. The lowest BCUT2D eigenvalue weighted by Crippen LogP contribution is -2.40. The molecule has 0 aliphatic heterocycles. The Labute approximate surface area is 165 Å². The number of likely N-dealkylation sites (N-methyl/N-ethyl adjacent to an activating group) is 1. The topological polar surface area (TPSA) is 61.4 Å². The van der Waals surface area contributed by atoms with Crippen LogP contribution >= 0.6 is 11.6 Å². The zero-order chi connectivity index (χ0) is 20.0. The van der Waals surface area contributed by atoms with Gasteiger partial charge in [-0.3, -0.25) is 9.59 Å². The van der Waals surface area contributed by atoms with Crippen LogP contribution in [-0.2, 0) is 9.59 Å². The van der Waals surface area contributed by atoms with Crippen molar-refractivity contribution in [3.63, 3.8) is 0 Å². The number of benzene rings is 2. The molecule has 2 aromatic rings. The first-order valence-electron chi connectivity index (χ1n) is 8.95. The highest BCUT2D eigenvalue weighted by atomic mass is 35.5. The molecule has 2 aromatic carbocycles. The highest BCUT2D eigenvalue weighted by molar-refractivity contribution is 6.31. The second-order valence-electron chi connectivity index (χ2n) is 6.54. The van der Waals surface area contributed by atoms with Gasteiger partial charge in [0.25, 0.3) is 0 Å². The van der Waals surface area contributed by atoms with Crippen molar-refractivity contribution in [2.24, 2.45) is 0 Å². The minimum atomic E-state index is -0.289. The smallest absolute Gasteiger partial charge is 0.243 e. The van der Waals surface area contributed by atoms with Crippen LogP contribution in [-0.4, -0.2) is 31.4 Å². The molecule has 0 spiro atoms. The molecule has 0 aromatic heterocycles. The molecule has 0 heterocycles. The molecule has 2 amide bonds. The van der Waals surface area contributed by atoms with Crippen molar-refractivity contribution >= 4 is 34.8 Å². The van der Waals surface area contributed by atoms with Crippen molar-refractivity contribution < 1.29 is 9.59 Å². The van der Waals surface area contributed by atoms with Gasteiger partial charge in [-0.25, -0.2) is 0 Å². The van der Waals surface area contributed by atoms with Crippen LogP contribution in [0.3, 0.4) is 0 Å². The molecule has 0 saturated heterocycles. The first kappa shape index (κ1) is 20.8. The maximum absolute atomic E-state index is 12.3. The minimum absolute atomic E-state index is 0.0881. The quantitative estimate of drug-likeness (QED) is 0.758. The number of carbonyl (C=O) groups excluding carboxylic acids is 2. The summed E-state index contributed by atoms with van der Waals surface area (Å²) in [5, 5.41) is 6.03. The number of nitrogens with one attached hydrogen (secondary N) is 2. The molecule has 0 fully saturated rings. The molecule has 0 aliphatic rings. The highest BCUT2D eigenvalue weighted by Crippen LogP contribution is 2.23. The predicted octanol–water partition coefficient (Wildman–Crippen LogP) is 3.85. The van der Waals surface area contributed by atoms with Crippen molar-refractivity contribution in [2.75, 3.05) is 29.9 Å². The van der Waals surface area contributed by atoms with Crippen LogP contribution in [0.1, 0.15) is 23.6 Å². The average molecular weight is 388 g/mol. The van der Waals surface area contributed by atoms with Crippen molar-refractivity contribution in [3.05, 3.63) is 58.1 Å². The first-order valence-corrected chi connectivity index (χ1v) is 9.33. The normalized spacial score (nSPS) is 10.4. The van der Waals surface area contributed by atoms with Gasteiger partial charge in [0.05, 0.1) is 13.1 Å². The minimum Gasteiger partial charge on any atom is -0.362 e. The van der Waals surface area contributed by atoms with E-state index in [9.17, 15) is 9.59 Å². The third-order valence-corrected chi connectivity index (χ3v) is 4.81. The van der Waals surface area contributed by atoms with Gasteiger partial charge in [-0.2, -0.15) is 0 Å². The van der Waals surface area contributed by atoms with E-state index in [-0.39, 0.29) is 24.9 Å². The molecule has 2 N–H and O–H groups in total. The van der Waals surface area contributed by atoms with Crippen LogP contribution in [0.15, 0.2) is 36.4 Å². The van der Waals surface area contributed by atoms with E-state index in [4.69, 9.17) is 11.6 Å². The lowest BCUT2D eigenvalue weighted by molar-refractivity contribution is -0.123. The van der Waals surface area contributed by atoms with E-state index in [0.717, 1.165) is 16.8 Å². The third-order valence-electron chi connectivity index (χ3n) is 4.40. The zero-order valence-electron chi connectivity index (χ0n) is 16.2. The molecular formula is C21H26ClN3O2. The van der Waals surface area contributed by atoms with Gasteiger partial charge < -0.3 is 15.5 Å². The van der Waals surface area contributed by atoms with Gasteiger partial charge in [0.15, 0.2) is 0 Å². The SMILES string of the molecule is CCN(CC(=O)NCC(=O)Nc1cccc(Cl)c1C)c1ccc(C)cc1C. The van der Waals surface area contributed by atoms with Crippen molar-refractivity contribution in [1.29, 1.82) is 0 Å². The number of hydrogen-bond acceptors (Lipinski definition) is 3. The molecule has 144 valence electrons. The second-order valence-corrected chi connectivity index (χ2v) is 6.95. The number of aryl methyl sites for hydroxylation is 2. The Balaban J connectivity index is 1.90. The molecule has 27 heavy (non-hydrogen) atoms. The van der Waals surface area contributed by atoms with E-state index in [1.807, 2.05) is 44.7 Å². The largest absolute Gasteiger partial charge is 0.362 e. The number of carbonyl (C=O) groups is 2. The van der Waals surface area contributed by atoms with Crippen LogP contribution in [0.2, 0.25) is 5.02 Å². The van der Waals surface area contributed by atoms with E-state index in [0.29, 0.717) is 17.3 Å². The highest BCUT2D eigenvalue weighted by Gasteiger charge is 2.13. The molecule has 0 bridgehead atoms. The molecule has 0 saturated carbocycles. The van der Waals surface area contributed by atoms with Crippen LogP contribution in [0.5, 0.6) is 0 Å². The number of hydrogen-bond donors (Lipinski definition) is 2. The number of rotatable bonds is 7. The summed E-state index contributed by atoms with van der Waals surface area (Å²) in [4.78, 5) is 26.4. The van der Waals surface area contributed by atoms with Gasteiger partial charge >= 0.3 is 0 Å². The lowest BCUT2D eigenvalue weighted by atomic mass is 10.1. The van der Waals surface area contributed by atoms with E-state index in [2.05, 4.69) is 16.7 Å². The van der Waals surface area contributed by atoms with Gasteiger partial charge in [0.1, 0.15) is 0 Å². The summed E-state index contributed by atoms with van der Waals surface area (Å²) in [6.45, 7) is 8.72. The first-order chi connectivity index (χ1) is 12.8. The maximum atomic E-state index is 12.3. The van der Waals surface area contributed by atoms with Gasteiger partial charge in [-0.15, -0.1) is 0 Å². The fourth-order valence-corrected chi connectivity index (χ4v) is 3.05. The number of amides is 2. The van der Waals surface area contributed by atoms with Crippen molar-refractivity contribution in [3.8, 4) is 0 Å². The molecule has 2 rings (SSSR count). The Bertz CT molecular complexity index is 836. The van der Waals surface area contributed by atoms with E-state index < -0.39 is 0 Å². The summed E-state index contributed by atoms with van der Waals surface area (Å²) in [7, 11) is 0.